The van der Waals surface area contributed by atoms with Gasteiger partial charge in [-0.1, -0.05) is 0 Å². The van der Waals surface area contributed by atoms with Crippen molar-refractivity contribution in [1.82, 2.24) is 4.98 Å². The molecule has 96 valence electrons. The Morgan fingerprint density at radius 1 is 1.47 bits per heavy atom. The fourth-order valence-electron chi connectivity index (χ4n) is 1.06. The molecule has 1 aromatic heterocycles. The Balaban J connectivity index is 3.29. The van der Waals surface area contributed by atoms with Crippen LogP contribution in [-0.4, -0.2) is 19.8 Å². The van der Waals surface area contributed by atoms with Crippen molar-refractivity contribution >= 4 is 42.3 Å². The van der Waals surface area contributed by atoms with Crippen LogP contribution in [0, 0.1) is 10.5 Å². The number of rotatable bonds is 2. The Morgan fingerprint density at radius 3 is 2.35 bits per heavy atom. The van der Waals surface area contributed by atoms with Crippen LogP contribution in [0.15, 0.2) is 11.0 Å². The summed E-state index contributed by atoms with van der Waals surface area (Å²) < 4.78 is 61.6. The van der Waals surface area contributed by atoms with Gasteiger partial charge in [-0.05, 0) is 29.5 Å². The Bertz CT molecular complexity index is 523. The lowest BCUT2D eigenvalue weighted by molar-refractivity contribution is -0.276. The standard InChI is InChI=1S/C7H4ClF3INO3S/c1-3-6(17(8,14)15)4(12)2-5(13-3)16-7(9,10)11/h2H,1H3. The molecule has 1 aromatic rings. The van der Waals surface area contributed by atoms with Crippen molar-refractivity contribution in [3.05, 3.63) is 15.3 Å². The van der Waals surface area contributed by atoms with Crippen molar-refractivity contribution in [2.45, 2.75) is 18.2 Å². The van der Waals surface area contributed by atoms with Gasteiger partial charge in [0.05, 0.1) is 5.69 Å². The molecule has 0 amide bonds. The van der Waals surface area contributed by atoms with E-state index in [1.165, 1.54) is 29.5 Å². The predicted octanol–water partition coefficient (Wildman–Crippen LogP) is 2.82. The number of alkyl halides is 3. The highest BCUT2D eigenvalue weighted by molar-refractivity contribution is 14.1. The number of hydrogen-bond acceptors (Lipinski definition) is 4. The molecule has 1 heterocycles. The van der Waals surface area contributed by atoms with E-state index in [4.69, 9.17) is 10.7 Å². The quantitative estimate of drug-likeness (QED) is 0.565. The SMILES string of the molecule is Cc1nc(OC(F)(F)F)cc(I)c1S(=O)(=O)Cl. The van der Waals surface area contributed by atoms with E-state index < -0.39 is 21.3 Å². The van der Waals surface area contributed by atoms with Crippen molar-refractivity contribution in [2.24, 2.45) is 0 Å². The van der Waals surface area contributed by atoms with Crippen LogP contribution in [0.2, 0.25) is 0 Å². The molecule has 0 saturated heterocycles. The topological polar surface area (TPSA) is 56.3 Å². The Morgan fingerprint density at radius 2 is 2.00 bits per heavy atom. The number of aromatic nitrogens is 1. The van der Waals surface area contributed by atoms with Crippen LogP contribution in [0.1, 0.15) is 5.69 Å². The second-order valence-electron chi connectivity index (χ2n) is 2.84. The molecule has 0 fully saturated rings. The molecule has 0 bridgehead atoms. The lowest BCUT2D eigenvalue weighted by atomic mass is 10.4. The highest BCUT2D eigenvalue weighted by Crippen LogP contribution is 2.29. The Labute approximate surface area is 113 Å². The minimum absolute atomic E-state index is 0.00403. The normalized spacial score (nSPS) is 12.6. The summed E-state index contributed by atoms with van der Waals surface area (Å²) in [5.41, 5.74) is -0.161. The third-order valence-corrected chi connectivity index (χ3v) is 4.22. The number of nitrogens with zero attached hydrogens (tertiary/aromatic N) is 1. The van der Waals surface area contributed by atoms with Crippen LogP contribution in [0.4, 0.5) is 13.2 Å². The second-order valence-corrected chi connectivity index (χ2v) is 6.51. The zero-order valence-corrected chi connectivity index (χ0v) is 11.8. The van der Waals surface area contributed by atoms with E-state index in [0.717, 1.165) is 6.07 Å². The summed E-state index contributed by atoms with van der Waals surface area (Å²) >= 11 is 1.54. The molecule has 0 unspecified atom stereocenters. The summed E-state index contributed by atoms with van der Waals surface area (Å²) in [5, 5.41) is 0. The maximum Gasteiger partial charge on any atom is 0.574 e. The molecule has 0 aliphatic carbocycles. The van der Waals surface area contributed by atoms with Gasteiger partial charge in [-0.2, -0.15) is 0 Å². The number of aryl methyl sites for hydroxylation is 1. The molecular formula is C7H4ClF3INO3S. The van der Waals surface area contributed by atoms with Crippen molar-refractivity contribution in [1.29, 1.82) is 0 Å². The first-order valence-electron chi connectivity index (χ1n) is 3.88. The predicted molar refractivity (Wildman–Crippen MR) is 61.4 cm³/mol. The van der Waals surface area contributed by atoms with Crippen molar-refractivity contribution in [3.63, 3.8) is 0 Å². The molecule has 0 spiro atoms. The van der Waals surface area contributed by atoms with Crippen LogP contribution >= 0.6 is 33.3 Å². The van der Waals surface area contributed by atoms with Gasteiger partial charge in [0, 0.05) is 20.3 Å². The van der Waals surface area contributed by atoms with Crippen LogP contribution in [0.3, 0.4) is 0 Å². The van der Waals surface area contributed by atoms with E-state index in [-0.39, 0.29) is 14.2 Å². The largest absolute Gasteiger partial charge is 0.574 e. The first-order chi connectivity index (χ1) is 7.50. The monoisotopic (exact) mass is 401 g/mol. The third-order valence-electron chi connectivity index (χ3n) is 1.54. The average molecular weight is 402 g/mol. The first kappa shape index (κ1) is 14.8. The first-order valence-corrected chi connectivity index (χ1v) is 7.27. The smallest absolute Gasteiger partial charge is 0.388 e. The lowest BCUT2D eigenvalue weighted by Gasteiger charge is -2.10. The molecule has 0 aliphatic heterocycles. The highest BCUT2D eigenvalue weighted by atomic mass is 127. The molecule has 0 N–H and O–H groups in total. The van der Waals surface area contributed by atoms with Crippen LogP contribution in [0.5, 0.6) is 5.88 Å². The van der Waals surface area contributed by atoms with Gasteiger partial charge in [0.25, 0.3) is 9.05 Å². The molecule has 0 atom stereocenters. The van der Waals surface area contributed by atoms with E-state index in [1.54, 1.807) is 0 Å². The molecule has 0 radical (unpaired) electrons. The van der Waals surface area contributed by atoms with E-state index in [2.05, 4.69) is 9.72 Å². The summed E-state index contributed by atoms with van der Waals surface area (Å²) in [6.45, 7) is 1.22. The minimum Gasteiger partial charge on any atom is -0.388 e. The zero-order valence-electron chi connectivity index (χ0n) is 8.05. The molecule has 0 saturated carbocycles. The number of hydrogen-bond donors (Lipinski definition) is 0. The van der Waals surface area contributed by atoms with Crippen molar-refractivity contribution in [3.8, 4) is 5.88 Å². The maximum absolute atomic E-state index is 11.9. The molecular weight excluding hydrogens is 397 g/mol. The minimum atomic E-state index is -4.89. The van der Waals surface area contributed by atoms with Gasteiger partial charge in [-0.25, -0.2) is 13.4 Å². The molecule has 10 heteroatoms. The van der Waals surface area contributed by atoms with Gasteiger partial charge in [0.2, 0.25) is 5.88 Å². The molecule has 0 aromatic carbocycles. The number of pyridine rings is 1. The van der Waals surface area contributed by atoms with Gasteiger partial charge in [0.1, 0.15) is 4.90 Å². The Hall–Kier alpha value is -0.290. The summed E-state index contributed by atoms with van der Waals surface area (Å²) in [7, 11) is 1.06. The molecule has 1 rings (SSSR count). The average Bonchev–Trinajstić information content (AvgIpc) is 1.94. The van der Waals surface area contributed by atoms with Crippen molar-refractivity contribution in [2.75, 3.05) is 0 Å². The van der Waals surface area contributed by atoms with Gasteiger partial charge >= 0.3 is 6.36 Å². The summed E-state index contributed by atoms with van der Waals surface area (Å²) in [6, 6.07) is 0.844. The number of halogens is 5. The maximum atomic E-state index is 11.9. The van der Waals surface area contributed by atoms with Crippen LogP contribution in [0.25, 0.3) is 0 Å². The fourth-order valence-corrected chi connectivity index (χ4v) is 4.25. The van der Waals surface area contributed by atoms with Crippen molar-refractivity contribution < 1.29 is 26.3 Å². The van der Waals surface area contributed by atoms with Crippen LogP contribution in [-0.2, 0) is 9.05 Å². The summed E-state index contributed by atoms with van der Waals surface area (Å²) in [4.78, 5) is 3.05. The zero-order chi connectivity index (χ0) is 13.4. The van der Waals surface area contributed by atoms with E-state index in [0.29, 0.717) is 0 Å². The summed E-state index contributed by atoms with van der Waals surface area (Å²) in [5.74, 6) is -0.733. The van der Waals surface area contributed by atoms with Gasteiger partial charge in [-0.3, -0.25) is 0 Å². The second kappa shape index (κ2) is 4.76. The lowest BCUT2D eigenvalue weighted by Crippen LogP contribution is -2.18. The van der Waals surface area contributed by atoms with E-state index >= 15 is 0 Å². The number of ether oxygens (including phenoxy) is 1. The van der Waals surface area contributed by atoms with Gasteiger partial charge < -0.3 is 4.74 Å². The van der Waals surface area contributed by atoms with E-state index in [1.807, 2.05) is 0 Å². The highest BCUT2D eigenvalue weighted by Gasteiger charge is 2.32. The van der Waals surface area contributed by atoms with Gasteiger partial charge in [-0.15, -0.1) is 13.2 Å². The molecule has 4 nitrogen and oxygen atoms in total. The Kier molecular flexibility index (Phi) is 4.14. The molecule has 0 aliphatic rings. The fraction of sp³-hybridized carbons (Fsp3) is 0.286. The summed E-state index contributed by atoms with van der Waals surface area (Å²) in [6.07, 6.45) is -4.89. The third kappa shape index (κ3) is 4.14. The van der Waals surface area contributed by atoms with Gasteiger partial charge in [0.15, 0.2) is 0 Å². The van der Waals surface area contributed by atoms with Crippen LogP contribution < -0.4 is 4.74 Å². The molecule has 17 heavy (non-hydrogen) atoms. The van der Waals surface area contributed by atoms with E-state index in [9.17, 15) is 21.6 Å².